The fourth-order valence-electron chi connectivity index (χ4n) is 2.43. The maximum absolute atomic E-state index is 5.45. The molecule has 0 bridgehead atoms. The summed E-state index contributed by atoms with van der Waals surface area (Å²) in [7, 11) is 0. The summed E-state index contributed by atoms with van der Waals surface area (Å²) in [4.78, 5) is 9.10. The van der Waals surface area contributed by atoms with Crippen LogP contribution in [0.15, 0.2) is 6.07 Å². The highest BCUT2D eigenvalue weighted by Crippen LogP contribution is 2.29. The van der Waals surface area contributed by atoms with Crippen LogP contribution in [0, 0.1) is 5.41 Å². The molecule has 0 aliphatic carbocycles. The molecule has 5 nitrogen and oxygen atoms in total. The maximum atomic E-state index is 5.45. The first kappa shape index (κ1) is 16.0. The number of anilines is 2. The summed E-state index contributed by atoms with van der Waals surface area (Å²) in [6, 6.07) is 2.01. The van der Waals surface area contributed by atoms with Gasteiger partial charge in [-0.3, -0.25) is 0 Å². The molecule has 21 heavy (non-hydrogen) atoms. The van der Waals surface area contributed by atoms with Crippen LogP contribution in [0.3, 0.4) is 0 Å². The van der Waals surface area contributed by atoms with Crippen molar-refractivity contribution in [2.75, 3.05) is 36.9 Å². The van der Waals surface area contributed by atoms with Crippen molar-refractivity contribution >= 4 is 11.6 Å². The molecule has 118 valence electrons. The van der Waals surface area contributed by atoms with Crippen LogP contribution in [0.25, 0.3) is 0 Å². The number of hydrogen-bond donors (Lipinski definition) is 2. The molecule has 0 saturated carbocycles. The van der Waals surface area contributed by atoms with Gasteiger partial charge in [0.15, 0.2) is 0 Å². The lowest BCUT2D eigenvalue weighted by Crippen LogP contribution is -2.33. The molecular formula is C16H28N4O. The second kappa shape index (κ2) is 7.59. The molecule has 2 N–H and O–H groups in total. The lowest BCUT2D eigenvalue weighted by molar-refractivity contribution is 0.0299. The van der Waals surface area contributed by atoms with Crippen LogP contribution in [0.5, 0.6) is 0 Å². The minimum absolute atomic E-state index is 0.298. The van der Waals surface area contributed by atoms with Gasteiger partial charge >= 0.3 is 0 Å². The highest BCUT2D eigenvalue weighted by Gasteiger charge is 2.27. The van der Waals surface area contributed by atoms with Crippen molar-refractivity contribution in [2.24, 2.45) is 5.41 Å². The zero-order valence-corrected chi connectivity index (χ0v) is 13.5. The fourth-order valence-corrected chi connectivity index (χ4v) is 2.43. The summed E-state index contributed by atoms with van der Waals surface area (Å²) in [6.45, 7) is 10.2. The quantitative estimate of drug-likeness (QED) is 0.808. The predicted octanol–water partition coefficient (Wildman–Crippen LogP) is 3.09. The highest BCUT2D eigenvalue weighted by molar-refractivity contribution is 5.47. The molecule has 1 fully saturated rings. The summed E-state index contributed by atoms with van der Waals surface area (Å²) < 4.78 is 5.45. The summed E-state index contributed by atoms with van der Waals surface area (Å²) in [5, 5.41) is 6.85. The molecule has 0 aromatic carbocycles. The number of hydrogen-bond acceptors (Lipinski definition) is 5. The monoisotopic (exact) mass is 292 g/mol. The zero-order valence-electron chi connectivity index (χ0n) is 13.5. The van der Waals surface area contributed by atoms with E-state index in [1.165, 1.54) is 0 Å². The first-order valence-corrected chi connectivity index (χ1v) is 8.08. The predicted molar refractivity (Wildman–Crippen MR) is 86.8 cm³/mol. The van der Waals surface area contributed by atoms with E-state index >= 15 is 0 Å². The van der Waals surface area contributed by atoms with Crippen LogP contribution in [-0.2, 0) is 11.2 Å². The Morgan fingerprint density at radius 2 is 1.81 bits per heavy atom. The smallest absolute Gasteiger partial charge is 0.132 e. The van der Waals surface area contributed by atoms with Gasteiger partial charge in [0.25, 0.3) is 0 Å². The van der Waals surface area contributed by atoms with Crippen molar-refractivity contribution in [3.63, 3.8) is 0 Å². The maximum Gasteiger partial charge on any atom is 0.132 e. The van der Waals surface area contributed by atoms with E-state index in [1.807, 2.05) is 6.07 Å². The molecule has 1 aromatic rings. The fraction of sp³-hybridized carbons (Fsp3) is 0.750. The van der Waals surface area contributed by atoms with E-state index in [1.54, 1.807) is 0 Å². The zero-order chi connectivity index (χ0) is 15.1. The Hall–Kier alpha value is -1.36. The Kier molecular flexibility index (Phi) is 5.79. The molecule has 1 aliphatic heterocycles. The van der Waals surface area contributed by atoms with Gasteiger partial charge in [-0.15, -0.1) is 0 Å². The Labute approximate surface area is 127 Å². The number of rotatable bonds is 7. The summed E-state index contributed by atoms with van der Waals surface area (Å²) in [6.07, 6.45) is 4.15. The van der Waals surface area contributed by atoms with Crippen molar-refractivity contribution in [3.05, 3.63) is 11.9 Å². The first-order valence-electron chi connectivity index (χ1n) is 8.08. The first-order chi connectivity index (χ1) is 10.1. The molecule has 2 heterocycles. The largest absolute Gasteiger partial charge is 0.381 e. The number of aryl methyl sites for hydroxylation is 1. The van der Waals surface area contributed by atoms with Gasteiger partial charge in [-0.2, -0.15) is 0 Å². The third kappa shape index (κ3) is 4.84. The Morgan fingerprint density at radius 1 is 1.14 bits per heavy atom. The van der Waals surface area contributed by atoms with Gasteiger partial charge in [0.1, 0.15) is 17.5 Å². The molecule has 1 aliphatic rings. The van der Waals surface area contributed by atoms with Gasteiger partial charge in [-0.05, 0) is 24.7 Å². The summed E-state index contributed by atoms with van der Waals surface area (Å²) in [5.41, 5.74) is 0.298. The standard InChI is InChI=1S/C16H28N4O/c1-4-8-17-14-11-15(20-13(5-2)19-14)18-12-16(3)6-9-21-10-7-16/h11H,4-10,12H2,1-3H3,(H2,17,18,19,20). The number of aromatic nitrogens is 2. The molecule has 5 heteroatoms. The van der Waals surface area contributed by atoms with Gasteiger partial charge in [-0.25, -0.2) is 9.97 Å². The minimum Gasteiger partial charge on any atom is -0.381 e. The average molecular weight is 292 g/mol. The SMILES string of the molecule is CCCNc1cc(NCC2(C)CCOCC2)nc(CC)n1. The van der Waals surface area contributed by atoms with Crippen LogP contribution < -0.4 is 10.6 Å². The topological polar surface area (TPSA) is 59.1 Å². The summed E-state index contributed by atoms with van der Waals surface area (Å²) >= 11 is 0. The van der Waals surface area contributed by atoms with Crippen molar-refractivity contribution in [2.45, 2.75) is 46.5 Å². The van der Waals surface area contributed by atoms with E-state index in [4.69, 9.17) is 4.74 Å². The van der Waals surface area contributed by atoms with Crippen LogP contribution in [0.4, 0.5) is 11.6 Å². The van der Waals surface area contributed by atoms with E-state index in [2.05, 4.69) is 41.4 Å². The van der Waals surface area contributed by atoms with Crippen molar-refractivity contribution in [3.8, 4) is 0 Å². The lowest BCUT2D eigenvalue weighted by Gasteiger charge is -2.33. The normalized spacial score (nSPS) is 17.5. The van der Waals surface area contributed by atoms with Crippen molar-refractivity contribution < 1.29 is 4.74 Å². The Balaban J connectivity index is 2.00. The molecule has 0 amide bonds. The lowest BCUT2D eigenvalue weighted by atomic mass is 9.82. The molecular weight excluding hydrogens is 264 g/mol. The second-order valence-corrected chi connectivity index (χ2v) is 6.11. The average Bonchev–Trinajstić information content (AvgIpc) is 2.51. The van der Waals surface area contributed by atoms with E-state index in [9.17, 15) is 0 Å². The van der Waals surface area contributed by atoms with E-state index in [0.29, 0.717) is 5.41 Å². The third-order valence-corrected chi connectivity index (χ3v) is 4.04. The van der Waals surface area contributed by atoms with E-state index in [0.717, 1.165) is 69.4 Å². The van der Waals surface area contributed by atoms with E-state index < -0.39 is 0 Å². The highest BCUT2D eigenvalue weighted by atomic mass is 16.5. The van der Waals surface area contributed by atoms with Crippen LogP contribution in [0.2, 0.25) is 0 Å². The molecule has 0 atom stereocenters. The van der Waals surface area contributed by atoms with Gasteiger partial charge in [0.2, 0.25) is 0 Å². The number of nitrogens with one attached hydrogen (secondary N) is 2. The number of ether oxygens (including phenoxy) is 1. The molecule has 0 unspecified atom stereocenters. The minimum atomic E-state index is 0.298. The number of nitrogens with zero attached hydrogens (tertiary/aromatic N) is 2. The molecule has 1 aromatic heterocycles. The van der Waals surface area contributed by atoms with Crippen molar-refractivity contribution in [1.82, 2.24) is 9.97 Å². The third-order valence-electron chi connectivity index (χ3n) is 4.04. The van der Waals surface area contributed by atoms with Crippen LogP contribution >= 0.6 is 0 Å². The molecule has 1 saturated heterocycles. The molecule has 2 rings (SSSR count). The van der Waals surface area contributed by atoms with Gasteiger partial charge in [-0.1, -0.05) is 20.8 Å². The van der Waals surface area contributed by atoms with Crippen LogP contribution in [-0.4, -0.2) is 36.3 Å². The van der Waals surface area contributed by atoms with Gasteiger partial charge in [0.05, 0.1) is 0 Å². The van der Waals surface area contributed by atoms with Crippen molar-refractivity contribution in [1.29, 1.82) is 0 Å². The molecule has 0 spiro atoms. The van der Waals surface area contributed by atoms with Crippen LogP contribution in [0.1, 0.15) is 45.9 Å². The van der Waals surface area contributed by atoms with Gasteiger partial charge < -0.3 is 15.4 Å². The summed E-state index contributed by atoms with van der Waals surface area (Å²) in [5.74, 6) is 2.73. The molecule has 0 radical (unpaired) electrons. The van der Waals surface area contributed by atoms with Gasteiger partial charge in [0, 0.05) is 38.8 Å². The second-order valence-electron chi connectivity index (χ2n) is 6.11. The Bertz CT molecular complexity index is 444. The van der Waals surface area contributed by atoms with E-state index in [-0.39, 0.29) is 0 Å². The Morgan fingerprint density at radius 3 is 2.43 bits per heavy atom.